The minimum atomic E-state index is -0.461. The minimum Gasteiger partial charge on any atom is -0.493 e. The number of rotatable bonds is 11. The lowest BCUT2D eigenvalue weighted by Gasteiger charge is -2.17. The van der Waals surface area contributed by atoms with Gasteiger partial charge < -0.3 is 14.2 Å². The monoisotopic (exact) mass is 562 g/mol. The van der Waals surface area contributed by atoms with Gasteiger partial charge in [-0.2, -0.15) is 0 Å². The van der Waals surface area contributed by atoms with Gasteiger partial charge in [-0.05, 0) is 71.6 Å². The predicted molar refractivity (Wildman–Crippen MR) is 154 cm³/mol. The smallest absolute Gasteiger partial charge is 0.293 e. The molecule has 0 unspecified atom stereocenters. The first-order valence-electron chi connectivity index (χ1n) is 12.7. The zero-order valence-electron chi connectivity index (χ0n) is 22.7. The Hall–Kier alpha value is -4.31. The highest BCUT2D eigenvalue weighted by atomic mass is 32.2. The molecule has 0 radical (unpaired) electrons. The number of ether oxygens (including phenoxy) is 3. The summed E-state index contributed by atoms with van der Waals surface area (Å²) in [6, 6.07) is 17.4. The summed E-state index contributed by atoms with van der Waals surface area (Å²) in [5.41, 5.74) is 3.12. The van der Waals surface area contributed by atoms with Gasteiger partial charge in [0, 0.05) is 6.07 Å². The van der Waals surface area contributed by atoms with Crippen LogP contribution in [0.25, 0.3) is 6.08 Å². The first-order valence-corrected chi connectivity index (χ1v) is 13.5. The van der Waals surface area contributed by atoms with Gasteiger partial charge in [0.2, 0.25) is 0 Å². The molecule has 40 heavy (non-hydrogen) atoms. The number of nitrogens with zero attached hydrogens (tertiary/aromatic N) is 2. The molecule has 1 aliphatic heterocycles. The van der Waals surface area contributed by atoms with Crippen LogP contribution >= 0.6 is 11.8 Å². The van der Waals surface area contributed by atoms with Crippen LogP contribution in [0.2, 0.25) is 0 Å². The maximum atomic E-state index is 13.1. The molecule has 4 rings (SSSR count). The quantitative estimate of drug-likeness (QED) is 0.144. The van der Waals surface area contributed by atoms with Crippen LogP contribution < -0.4 is 14.2 Å². The van der Waals surface area contributed by atoms with Gasteiger partial charge in [-0.3, -0.25) is 24.6 Å². The Bertz CT molecular complexity index is 1470. The summed E-state index contributed by atoms with van der Waals surface area (Å²) in [6.07, 6.45) is 1.61. The van der Waals surface area contributed by atoms with E-state index in [2.05, 4.69) is 13.8 Å². The van der Waals surface area contributed by atoms with Crippen LogP contribution in [-0.4, -0.2) is 41.2 Å². The van der Waals surface area contributed by atoms with E-state index in [-0.39, 0.29) is 41.5 Å². The lowest BCUT2D eigenvalue weighted by atomic mass is 10.0. The number of aryl methyl sites for hydroxylation is 1. The second kappa shape index (κ2) is 12.7. The topological polar surface area (TPSA) is 108 Å². The van der Waals surface area contributed by atoms with Crippen molar-refractivity contribution < 1.29 is 28.7 Å². The molecule has 2 amide bonds. The fraction of sp³-hybridized carbons (Fsp3) is 0.267. The molecule has 1 fully saturated rings. The Morgan fingerprint density at radius 3 is 2.50 bits per heavy atom. The highest BCUT2D eigenvalue weighted by Gasteiger charge is 2.35. The van der Waals surface area contributed by atoms with Gasteiger partial charge in [-0.15, -0.1) is 0 Å². The fourth-order valence-electron chi connectivity index (χ4n) is 4.20. The van der Waals surface area contributed by atoms with Crippen molar-refractivity contribution in [2.45, 2.75) is 33.3 Å². The van der Waals surface area contributed by atoms with Gasteiger partial charge in [0.1, 0.15) is 19.0 Å². The molecular weight excluding hydrogens is 532 g/mol. The standard InChI is InChI=1S/C30H30N2O7S/c1-19(2)23-11-9-20(3)15-26(23)38-14-13-31-29(33)28(40-30(31)34)17-21-10-12-25(37-4)27(16-21)39-18-22-7-5-6-8-24(22)32(35)36/h5-12,15-17,19H,13-14,18H2,1-4H3/b28-17-. The van der Waals surface area contributed by atoms with Crippen molar-refractivity contribution in [3.63, 3.8) is 0 Å². The van der Waals surface area contributed by atoms with E-state index >= 15 is 0 Å². The number of thioether (sulfide) groups is 1. The van der Waals surface area contributed by atoms with Gasteiger partial charge in [-0.1, -0.05) is 44.2 Å². The lowest BCUT2D eigenvalue weighted by Crippen LogP contribution is -2.32. The summed E-state index contributed by atoms with van der Waals surface area (Å²) in [7, 11) is 1.49. The molecule has 208 valence electrons. The fourth-order valence-corrected chi connectivity index (χ4v) is 5.06. The molecule has 1 heterocycles. The molecule has 0 saturated carbocycles. The largest absolute Gasteiger partial charge is 0.493 e. The normalized spacial score (nSPS) is 14.2. The van der Waals surface area contributed by atoms with E-state index in [9.17, 15) is 19.7 Å². The number of para-hydroxylation sites is 1. The number of carbonyl (C=O) groups excluding carboxylic acids is 2. The summed E-state index contributed by atoms with van der Waals surface area (Å²) in [4.78, 5) is 38.0. The second-order valence-corrected chi connectivity index (χ2v) is 10.5. The molecular formula is C30H30N2O7S. The molecule has 3 aromatic carbocycles. The van der Waals surface area contributed by atoms with Gasteiger partial charge in [0.05, 0.1) is 29.0 Å². The minimum absolute atomic E-state index is 0.0434. The van der Waals surface area contributed by atoms with Crippen molar-refractivity contribution in [1.82, 2.24) is 4.90 Å². The van der Waals surface area contributed by atoms with Crippen LogP contribution in [0, 0.1) is 17.0 Å². The number of benzene rings is 3. The van der Waals surface area contributed by atoms with Crippen molar-refractivity contribution in [2.24, 2.45) is 0 Å². The summed E-state index contributed by atoms with van der Waals surface area (Å²) >= 11 is 0.861. The molecule has 3 aromatic rings. The van der Waals surface area contributed by atoms with E-state index in [0.717, 1.165) is 28.6 Å². The van der Waals surface area contributed by atoms with Crippen LogP contribution in [0.3, 0.4) is 0 Å². The number of nitro benzene ring substituents is 1. The zero-order valence-corrected chi connectivity index (χ0v) is 23.5. The molecule has 1 aliphatic rings. The summed E-state index contributed by atoms with van der Waals surface area (Å²) in [5.74, 6) is 1.41. The van der Waals surface area contributed by atoms with Crippen molar-refractivity contribution >= 4 is 34.7 Å². The predicted octanol–water partition coefficient (Wildman–Crippen LogP) is 6.73. The number of nitro groups is 1. The van der Waals surface area contributed by atoms with Gasteiger partial charge >= 0.3 is 0 Å². The average molecular weight is 563 g/mol. The van der Waals surface area contributed by atoms with Crippen LogP contribution in [0.15, 0.2) is 65.6 Å². The van der Waals surface area contributed by atoms with Gasteiger partial charge in [-0.25, -0.2) is 0 Å². The summed E-state index contributed by atoms with van der Waals surface area (Å²) < 4.78 is 17.2. The van der Waals surface area contributed by atoms with Crippen LogP contribution in [0.1, 0.15) is 42.0 Å². The maximum Gasteiger partial charge on any atom is 0.293 e. The number of imide groups is 1. The molecule has 0 spiro atoms. The highest BCUT2D eigenvalue weighted by Crippen LogP contribution is 2.35. The molecule has 0 bridgehead atoms. The Balaban J connectivity index is 1.45. The number of hydrogen-bond acceptors (Lipinski definition) is 8. The van der Waals surface area contributed by atoms with E-state index in [1.165, 1.54) is 18.1 Å². The molecule has 10 heteroatoms. The van der Waals surface area contributed by atoms with E-state index in [1.807, 2.05) is 25.1 Å². The third-order valence-electron chi connectivity index (χ3n) is 6.29. The number of amides is 2. The first kappa shape index (κ1) is 28.7. The maximum absolute atomic E-state index is 13.1. The molecule has 0 atom stereocenters. The third kappa shape index (κ3) is 6.63. The van der Waals surface area contributed by atoms with E-state index in [4.69, 9.17) is 14.2 Å². The summed E-state index contributed by atoms with van der Waals surface area (Å²) in [5, 5.41) is 11.0. The number of hydrogen-bond donors (Lipinski definition) is 0. The number of carbonyl (C=O) groups is 2. The van der Waals surface area contributed by atoms with Crippen LogP contribution in [-0.2, 0) is 11.4 Å². The highest BCUT2D eigenvalue weighted by molar-refractivity contribution is 8.18. The Kier molecular flexibility index (Phi) is 9.11. The second-order valence-electron chi connectivity index (χ2n) is 9.46. The lowest BCUT2D eigenvalue weighted by molar-refractivity contribution is -0.385. The first-order chi connectivity index (χ1) is 19.2. The van der Waals surface area contributed by atoms with Gasteiger partial charge in [0.25, 0.3) is 16.8 Å². The zero-order chi connectivity index (χ0) is 28.8. The average Bonchev–Trinajstić information content (AvgIpc) is 3.19. The van der Waals surface area contributed by atoms with Crippen molar-refractivity contribution in [1.29, 1.82) is 0 Å². The van der Waals surface area contributed by atoms with Gasteiger partial charge in [0.15, 0.2) is 11.5 Å². The van der Waals surface area contributed by atoms with Crippen LogP contribution in [0.4, 0.5) is 10.5 Å². The third-order valence-corrected chi connectivity index (χ3v) is 7.20. The Labute approximate surface area is 236 Å². The van der Waals surface area contributed by atoms with E-state index < -0.39 is 10.8 Å². The molecule has 1 saturated heterocycles. The van der Waals surface area contributed by atoms with E-state index in [0.29, 0.717) is 22.6 Å². The molecule has 0 N–H and O–H groups in total. The molecule has 0 aliphatic carbocycles. The Morgan fingerprint density at radius 1 is 1.00 bits per heavy atom. The molecule has 0 aromatic heterocycles. The summed E-state index contributed by atoms with van der Waals surface area (Å²) in [6.45, 7) is 6.41. The van der Waals surface area contributed by atoms with Crippen molar-refractivity contribution in [2.75, 3.05) is 20.3 Å². The van der Waals surface area contributed by atoms with Crippen molar-refractivity contribution in [3.05, 3.63) is 97.9 Å². The van der Waals surface area contributed by atoms with Crippen LogP contribution in [0.5, 0.6) is 17.2 Å². The van der Waals surface area contributed by atoms with Crippen molar-refractivity contribution in [3.8, 4) is 17.2 Å². The molecule has 9 nitrogen and oxygen atoms in total. The SMILES string of the molecule is COc1ccc(/C=C2\SC(=O)N(CCOc3cc(C)ccc3C(C)C)C2=O)cc1OCc1ccccc1[N+](=O)[O-]. The Morgan fingerprint density at radius 2 is 1.77 bits per heavy atom. The number of methoxy groups -OCH3 is 1. The van der Waals surface area contributed by atoms with E-state index in [1.54, 1.807) is 42.5 Å².